The first kappa shape index (κ1) is 8.10. The molecule has 0 fully saturated rings. The Hall–Kier alpha value is -1.51. The van der Waals surface area contributed by atoms with Crippen LogP contribution in [0.3, 0.4) is 0 Å². The van der Waals surface area contributed by atoms with E-state index in [2.05, 4.69) is 35.1 Å². The van der Waals surface area contributed by atoms with Crippen LogP contribution < -0.4 is 5.32 Å². The first-order valence-electron chi connectivity index (χ1n) is 4.34. The molecule has 0 radical (unpaired) electrons. The van der Waals surface area contributed by atoms with Crippen molar-refractivity contribution >= 4 is 17.5 Å². The summed E-state index contributed by atoms with van der Waals surface area (Å²) in [5.74, 6) is 1.00. The Morgan fingerprint density at radius 2 is 2.38 bits per heavy atom. The maximum absolute atomic E-state index is 4.20. The van der Waals surface area contributed by atoms with E-state index in [0.717, 1.165) is 29.2 Å². The van der Waals surface area contributed by atoms with Crippen LogP contribution in [0.15, 0.2) is 12.2 Å². The van der Waals surface area contributed by atoms with Gasteiger partial charge in [-0.15, -0.1) is 0 Å². The van der Waals surface area contributed by atoms with Crippen molar-refractivity contribution in [2.75, 3.05) is 11.9 Å². The highest BCUT2D eigenvalue weighted by Gasteiger charge is 2.14. The van der Waals surface area contributed by atoms with E-state index in [1.165, 1.54) is 5.57 Å². The van der Waals surface area contributed by atoms with Gasteiger partial charge < -0.3 is 5.32 Å². The van der Waals surface area contributed by atoms with Gasteiger partial charge in [0.2, 0.25) is 0 Å². The molecule has 68 valence electrons. The highest BCUT2D eigenvalue weighted by atomic mass is 15.2. The summed E-state index contributed by atoms with van der Waals surface area (Å²) in [6, 6.07) is 0. The number of fused-ring (bicyclic) bond motifs is 1. The predicted molar refractivity (Wildman–Crippen MR) is 55.4 cm³/mol. The van der Waals surface area contributed by atoms with Crippen molar-refractivity contribution in [3.63, 3.8) is 0 Å². The summed E-state index contributed by atoms with van der Waals surface area (Å²) in [5.41, 5.74) is 4.40. The van der Waals surface area contributed by atoms with Crippen molar-refractivity contribution in [2.45, 2.75) is 13.8 Å². The van der Waals surface area contributed by atoms with Gasteiger partial charge in [-0.1, -0.05) is 12.2 Å². The summed E-state index contributed by atoms with van der Waals surface area (Å²) in [7, 11) is 0. The van der Waals surface area contributed by atoms with E-state index in [1.807, 2.05) is 6.92 Å². The molecule has 0 spiro atoms. The Bertz CT molecular complexity index is 385. The number of hydrogen-bond acceptors (Lipinski definition) is 2. The zero-order valence-electron chi connectivity index (χ0n) is 7.94. The molecule has 1 aliphatic heterocycles. The predicted octanol–water partition coefficient (Wildman–Crippen LogP) is 2.27. The number of anilines is 1. The zero-order valence-corrected chi connectivity index (χ0v) is 7.94. The highest BCUT2D eigenvalue weighted by molar-refractivity contribution is 5.79. The molecule has 2 N–H and O–H groups in total. The summed E-state index contributed by atoms with van der Waals surface area (Å²) in [6.45, 7) is 8.85. The molecule has 0 atom stereocenters. The highest BCUT2D eigenvalue weighted by Crippen LogP contribution is 2.27. The first-order chi connectivity index (χ1) is 6.18. The van der Waals surface area contributed by atoms with Gasteiger partial charge >= 0.3 is 0 Å². The van der Waals surface area contributed by atoms with Crippen LogP contribution >= 0.6 is 0 Å². The smallest absolute Gasteiger partial charge is 0.129 e. The second-order valence-corrected chi connectivity index (χ2v) is 3.49. The van der Waals surface area contributed by atoms with E-state index in [-0.39, 0.29) is 0 Å². The molecule has 0 amide bonds. The normalized spacial score (nSPS) is 14.5. The Balaban J connectivity index is 2.55. The Morgan fingerprint density at radius 3 is 3.08 bits per heavy atom. The van der Waals surface area contributed by atoms with Gasteiger partial charge in [-0.25, -0.2) is 0 Å². The van der Waals surface area contributed by atoms with Gasteiger partial charge in [0.25, 0.3) is 0 Å². The lowest BCUT2D eigenvalue weighted by atomic mass is 10.1. The van der Waals surface area contributed by atoms with E-state index in [4.69, 9.17) is 0 Å². The van der Waals surface area contributed by atoms with Crippen LogP contribution in [-0.4, -0.2) is 16.7 Å². The van der Waals surface area contributed by atoms with Crippen molar-refractivity contribution in [3.05, 3.63) is 23.4 Å². The largest absolute Gasteiger partial charge is 0.366 e. The van der Waals surface area contributed by atoms with Crippen LogP contribution in [0, 0.1) is 0 Å². The quantitative estimate of drug-likeness (QED) is 0.687. The minimum atomic E-state index is 0.894. The number of nitrogens with zero attached hydrogens (tertiary/aromatic N) is 1. The maximum atomic E-state index is 4.20. The molecule has 0 saturated carbocycles. The molecule has 1 aromatic heterocycles. The fourth-order valence-corrected chi connectivity index (χ4v) is 1.48. The zero-order chi connectivity index (χ0) is 9.42. The van der Waals surface area contributed by atoms with Gasteiger partial charge in [0.15, 0.2) is 0 Å². The third-order valence-corrected chi connectivity index (χ3v) is 2.14. The van der Waals surface area contributed by atoms with Gasteiger partial charge in [0.1, 0.15) is 5.82 Å². The minimum absolute atomic E-state index is 0.894. The molecule has 0 bridgehead atoms. The lowest BCUT2D eigenvalue weighted by Crippen LogP contribution is -2.08. The van der Waals surface area contributed by atoms with Crippen molar-refractivity contribution in [1.82, 2.24) is 10.2 Å². The third kappa shape index (κ3) is 1.26. The van der Waals surface area contributed by atoms with Gasteiger partial charge in [-0.2, -0.15) is 5.10 Å². The van der Waals surface area contributed by atoms with Crippen LogP contribution in [0.2, 0.25) is 0 Å². The van der Waals surface area contributed by atoms with Crippen LogP contribution in [0.1, 0.15) is 25.1 Å². The van der Waals surface area contributed by atoms with E-state index < -0.39 is 0 Å². The lowest BCUT2D eigenvalue weighted by Gasteiger charge is -2.12. The maximum Gasteiger partial charge on any atom is 0.129 e. The summed E-state index contributed by atoms with van der Waals surface area (Å²) in [5, 5.41) is 10.4. The molecular formula is C10H13N3. The Morgan fingerprint density at radius 1 is 1.62 bits per heavy atom. The number of aromatic nitrogens is 2. The van der Waals surface area contributed by atoms with Crippen molar-refractivity contribution in [1.29, 1.82) is 0 Å². The molecule has 1 aromatic rings. The van der Waals surface area contributed by atoms with Crippen molar-refractivity contribution in [2.24, 2.45) is 0 Å². The van der Waals surface area contributed by atoms with E-state index >= 15 is 0 Å². The summed E-state index contributed by atoms with van der Waals surface area (Å²) in [4.78, 5) is 0. The molecule has 3 nitrogen and oxygen atoms in total. The molecule has 0 saturated heterocycles. The molecule has 0 aromatic carbocycles. The summed E-state index contributed by atoms with van der Waals surface area (Å²) < 4.78 is 0. The summed E-state index contributed by atoms with van der Waals surface area (Å²) >= 11 is 0. The molecule has 0 unspecified atom stereocenters. The third-order valence-electron chi connectivity index (χ3n) is 2.14. The standard InChI is InChI=1S/C10H13N3/c1-6(2)9-8-4-7(3)5-11-10(8)13-12-9/h4H,1,5H2,2-3H3,(H2,11,12,13). The molecule has 13 heavy (non-hydrogen) atoms. The number of H-pyrrole nitrogens is 1. The monoisotopic (exact) mass is 175 g/mol. The summed E-state index contributed by atoms with van der Waals surface area (Å²) in [6.07, 6.45) is 2.15. The van der Waals surface area contributed by atoms with Gasteiger partial charge in [0.05, 0.1) is 5.69 Å². The number of rotatable bonds is 1. The molecule has 1 aliphatic rings. The van der Waals surface area contributed by atoms with E-state index in [9.17, 15) is 0 Å². The van der Waals surface area contributed by atoms with Crippen molar-refractivity contribution in [3.8, 4) is 0 Å². The van der Waals surface area contributed by atoms with E-state index in [1.54, 1.807) is 0 Å². The number of aromatic amines is 1. The average Bonchev–Trinajstić information content (AvgIpc) is 2.46. The number of hydrogen-bond donors (Lipinski definition) is 2. The van der Waals surface area contributed by atoms with Gasteiger partial charge in [-0.05, 0) is 25.5 Å². The van der Waals surface area contributed by atoms with Crippen LogP contribution in [0.5, 0.6) is 0 Å². The second-order valence-electron chi connectivity index (χ2n) is 3.49. The SMILES string of the molecule is C=C(C)c1n[nH]c2c1C=C(C)CN2. The van der Waals surface area contributed by atoms with E-state index in [0.29, 0.717) is 0 Å². The topological polar surface area (TPSA) is 40.7 Å². The average molecular weight is 175 g/mol. The van der Waals surface area contributed by atoms with Crippen LogP contribution in [-0.2, 0) is 0 Å². The fraction of sp³-hybridized carbons (Fsp3) is 0.300. The molecule has 0 aliphatic carbocycles. The number of nitrogens with one attached hydrogen (secondary N) is 2. The molecule has 2 heterocycles. The molecule has 3 heteroatoms. The Labute approximate surface area is 77.5 Å². The first-order valence-corrected chi connectivity index (χ1v) is 4.34. The molecule has 2 rings (SSSR count). The molecular weight excluding hydrogens is 162 g/mol. The van der Waals surface area contributed by atoms with Crippen LogP contribution in [0.25, 0.3) is 11.6 Å². The van der Waals surface area contributed by atoms with Crippen molar-refractivity contribution < 1.29 is 0 Å². The van der Waals surface area contributed by atoms with Gasteiger partial charge in [0, 0.05) is 12.1 Å². The second kappa shape index (κ2) is 2.76. The number of allylic oxidation sites excluding steroid dienone is 1. The lowest BCUT2D eigenvalue weighted by molar-refractivity contribution is 1.06. The Kier molecular flexibility index (Phi) is 1.72. The van der Waals surface area contributed by atoms with Gasteiger partial charge in [-0.3, -0.25) is 5.10 Å². The van der Waals surface area contributed by atoms with Crippen LogP contribution in [0.4, 0.5) is 5.82 Å². The fourth-order valence-electron chi connectivity index (χ4n) is 1.48. The minimum Gasteiger partial charge on any atom is -0.366 e.